The van der Waals surface area contributed by atoms with Gasteiger partial charge in [-0.25, -0.2) is 9.78 Å². The number of thiazole rings is 1. The van der Waals surface area contributed by atoms with Gasteiger partial charge in [0.15, 0.2) is 0 Å². The number of carbonyl (C=O) groups excluding carboxylic acids is 1. The molecular weight excluding hydrogens is 284 g/mol. The Morgan fingerprint density at radius 3 is 2.81 bits per heavy atom. The topological polar surface area (TPSA) is 57.3 Å². The third-order valence-electron chi connectivity index (χ3n) is 4.03. The van der Waals surface area contributed by atoms with E-state index in [1.54, 1.807) is 11.3 Å². The standard InChI is InChI=1S/C15H26N4OS/c1-10(2)13-9-21-14(18-13)8-16-15(20)17-11-5-6-12(7-11)19(3)4/h9-12H,5-8H2,1-4H3,(H2,16,17,20)/t11-,12+/m0/s1. The maximum atomic E-state index is 11.9. The molecule has 1 aliphatic carbocycles. The number of amides is 2. The molecule has 0 aliphatic heterocycles. The predicted octanol–water partition coefficient (Wildman–Crippen LogP) is 2.55. The summed E-state index contributed by atoms with van der Waals surface area (Å²) in [5.41, 5.74) is 1.10. The van der Waals surface area contributed by atoms with Gasteiger partial charge in [-0.3, -0.25) is 0 Å². The van der Waals surface area contributed by atoms with Crippen molar-refractivity contribution in [3.8, 4) is 0 Å². The summed E-state index contributed by atoms with van der Waals surface area (Å²) in [5.74, 6) is 0.435. The van der Waals surface area contributed by atoms with E-state index >= 15 is 0 Å². The maximum Gasteiger partial charge on any atom is 0.315 e. The number of nitrogens with zero attached hydrogens (tertiary/aromatic N) is 2. The van der Waals surface area contributed by atoms with E-state index in [0.717, 1.165) is 30.0 Å². The van der Waals surface area contributed by atoms with Gasteiger partial charge in [0, 0.05) is 17.5 Å². The second-order valence-corrected chi connectivity index (χ2v) is 7.22. The molecule has 0 bridgehead atoms. The van der Waals surface area contributed by atoms with Gasteiger partial charge in [0.25, 0.3) is 0 Å². The molecule has 1 aromatic rings. The van der Waals surface area contributed by atoms with Crippen molar-refractivity contribution >= 4 is 17.4 Å². The Bertz CT molecular complexity index is 472. The minimum atomic E-state index is -0.0827. The molecule has 2 atom stereocenters. The Labute approximate surface area is 131 Å². The molecule has 0 saturated heterocycles. The number of hydrogen-bond acceptors (Lipinski definition) is 4. The van der Waals surface area contributed by atoms with Crippen molar-refractivity contribution in [2.45, 2.75) is 57.7 Å². The fourth-order valence-electron chi connectivity index (χ4n) is 2.62. The summed E-state index contributed by atoms with van der Waals surface area (Å²) in [5, 5.41) is 9.00. The SMILES string of the molecule is CC(C)c1csc(CNC(=O)N[C@H]2CC[C@@H](N(C)C)C2)n1. The lowest BCUT2D eigenvalue weighted by molar-refractivity contribution is 0.235. The number of urea groups is 1. The third kappa shape index (κ3) is 4.68. The summed E-state index contributed by atoms with van der Waals surface area (Å²) < 4.78 is 0. The summed E-state index contributed by atoms with van der Waals surface area (Å²) in [7, 11) is 4.20. The molecule has 2 rings (SSSR count). The third-order valence-corrected chi connectivity index (χ3v) is 4.90. The zero-order valence-electron chi connectivity index (χ0n) is 13.3. The van der Waals surface area contributed by atoms with E-state index in [1.807, 2.05) is 0 Å². The maximum absolute atomic E-state index is 11.9. The van der Waals surface area contributed by atoms with Crippen LogP contribution in [0.25, 0.3) is 0 Å². The summed E-state index contributed by atoms with van der Waals surface area (Å²) in [6, 6.07) is 0.795. The minimum Gasteiger partial charge on any atom is -0.335 e. The highest BCUT2D eigenvalue weighted by molar-refractivity contribution is 7.09. The van der Waals surface area contributed by atoms with Crippen molar-refractivity contribution in [1.29, 1.82) is 0 Å². The van der Waals surface area contributed by atoms with Crippen LogP contribution >= 0.6 is 11.3 Å². The van der Waals surface area contributed by atoms with E-state index < -0.39 is 0 Å². The molecule has 118 valence electrons. The van der Waals surface area contributed by atoms with E-state index in [0.29, 0.717) is 24.5 Å². The van der Waals surface area contributed by atoms with Crippen LogP contribution in [0.15, 0.2) is 5.38 Å². The van der Waals surface area contributed by atoms with Gasteiger partial charge in [-0.05, 0) is 39.3 Å². The molecule has 6 heteroatoms. The molecule has 1 heterocycles. The normalized spacial score (nSPS) is 22.0. The molecule has 0 spiro atoms. The summed E-state index contributed by atoms with van der Waals surface area (Å²) >= 11 is 1.61. The van der Waals surface area contributed by atoms with Crippen LogP contribution in [0.2, 0.25) is 0 Å². The molecule has 1 aliphatic rings. The number of aromatic nitrogens is 1. The van der Waals surface area contributed by atoms with E-state index in [4.69, 9.17) is 0 Å². The Morgan fingerprint density at radius 2 is 2.24 bits per heavy atom. The van der Waals surface area contributed by atoms with Crippen LogP contribution < -0.4 is 10.6 Å². The number of hydrogen-bond donors (Lipinski definition) is 2. The van der Waals surface area contributed by atoms with E-state index in [2.05, 4.69) is 53.8 Å². The Morgan fingerprint density at radius 1 is 1.48 bits per heavy atom. The van der Waals surface area contributed by atoms with Crippen LogP contribution in [-0.4, -0.2) is 42.1 Å². The molecule has 2 N–H and O–H groups in total. The molecule has 0 unspecified atom stereocenters. The Hall–Kier alpha value is -1.14. The zero-order valence-corrected chi connectivity index (χ0v) is 14.2. The monoisotopic (exact) mass is 310 g/mol. The first-order chi connectivity index (χ1) is 9.95. The molecule has 0 radical (unpaired) electrons. The van der Waals surface area contributed by atoms with Crippen molar-refractivity contribution in [2.75, 3.05) is 14.1 Å². The van der Waals surface area contributed by atoms with Gasteiger partial charge < -0.3 is 15.5 Å². The first-order valence-electron chi connectivity index (χ1n) is 7.60. The molecule has 1 saturated carbocycles. The number of nitrogens with one attached hydrogen (secondary N) is 2. The predicted molar refractivity (Wildman–Crippen MR) is 86.7 cm³/mol. The highest BCUT2D eigenvalue weighted by atomic mass is 32.1. The lowest BCUT2D eigenvalue weighted by atomic mass is 10.2. The van der Waals surface area contributed by atoms with Crippen LogP contribution in [0.5, 0.6) is 0 Å². The van der Waals surface area contributed by atoms with Gasteiger partial charge in [-0.1, -0.05) is 13.8 Å². The largest absolute Gasteiger partial charge is 0.335 e. The highest BCUT2D eigenvalue weighted by Crippen LogP contribution is 2.22. The Kier molecular flexibility index (Phi) is 5.58. The van der Waals surface area contributed by atoms with Crippen LogP contribution in [0.1, 0.15) is 49.7 Å². The van der Waals surface area contributed by atoms with Crippen molar-refractivity contribution in [3.63, 3.8) is 0 Å². The molecule has 5 nitrogen and oxygen atoms in total. The van der Waals surface area contributed by atoms with Gasteiger partial charge in [0.2, 0.25) is 0 Å². The molecule has 1 aromatic heterocycles. The van der Waals surface area contributed by atoms with Crippen LogP contribution in [0.3, 0.4) is 0 Å². The lowest BCUT2D eigenvalue weighted by Crippen LogP contribution is -2.41. The molecule has 1 fully saturated rings. The summed E-state index contributed by atoms with van der Waals surface area (Å²) in [6.07, 6.45) is 3.25. The van der Waals surface area contributed by atoms with Crippen molar-refractivity contribution in [3.05, 3.63) is 16.1 Å². The van der Waals surface area contributed by atoms with Crippen LogP contribution in [0, 0.1) is 0 Å². The second-order valence-electron chi connectivity index (χ2n) is 6.28. The van der Waals surface area contributed by atoms with Crippen molar-refractivity contribution in [1.82, 2.24) is 20.5 Å². The second kappa shape index (κ2) is 7.22. The lowest BCUT2D eigenvalue weighted by Gasteiger charge is -2.19. The average molecular weight is 310 g/mol. The smallest absolute Gasteiger partial charge is 0.315 e. The van der Waals surface area contributed by atoms with Gasteiger partial charge in [-0.2, -0.15) is 0 Å². The van der Waals surface area contributed by atoms with Gasteiger partial charge >= 0.3 is 6.03 Å². The Balaban J connectivity index is 1.72. The van der Waals surface area contributed by atoms with Crippen LogP contribution in [0.4, 0.5) is 4.79 Å². The fraction of sp³-hybridized carbons (Fsp3) is 0.733. The first-order valence-corrected chi connectivity index (χ1v) is 8.48. The van der Waals surface area contributed by atoms with Crippen molar-refractivity contribution in [2.24, 2.45) is 0 Å². The van der Waals surface area contributed by atoms with Gasteiger partial charge in [0.1, 0.15) is 5.01 Å². The highest BCUT2D eigenvalue weighted by Gasteiger charge is 2.26. The van der Waals surface area contributed by atoms with E-state index in [1.165, 1.54) is 0 Å². The molecule has 21 heavy (non-hydrogen) atoms. The average Bonchev–Trinajstić information content (AvgIpc) is 3.05. The van der Waals surface area contributed by atoms with E-state index in [9.17, 15) is 4.79 Å². The summed E-state index contributed by atoms with van der Waals surface area (Å²) in [4.78, 5) is 18.7. The van der Waals surface area contributed by atoms with Gasteiger partial charge in [-0.15, -0.1) is 11.3 Å². The summed E-state index contributed by atoms with van der Waals surface area (Å²) in [6.45, 7) is 4.76. The van der Waals surface area contributed by atoms with Crippen molar-refractivity contribution < 1.29 is 4.79 Å². The quantitative estimate of drug-likeness (QED) is 0.879. The first kappa shape index (κ1) is 16.2. The minimum absolute atomic E-state index is 0.0827. The fourth-order valence-corrected chi connectivity index (χ4v) is 3.52. The van der Waals surface area contributed by atoms with Crippen LogP contribution in [-0.2, 0) is 6.54 Å². The zero-order chi connectivity index (χ0) is 15.4. The van der Waals surface area contributed by atoms with Gasteiger partial charge in [0.05, 0.1) is 12.2 Å². The number of carbonyl (C=O) groups is 1. The molecular formula is C15H26N4OS. The molecule has 0 aromatic carbocycles. The molecule has 2 amide bonds. The van der Waals surface area contributed by atoms with E-state index in [-0.39, 0.29) is 6.03 Å². The number of rotatable bonds is 5.